The van der Waals surface area contributed by atoms with Crippen molar-refractivity contribution in [1.29, 1.82) is 0 Å². The second-order valence-corrected chi connectivity index (χ2v) is 4.66. The van der Waals surface area contributed by atoms with Crippen molar-refractivity contribution in [2.75, 3.05) is 18.9 Å². The summed E-state index contributed by atoms with van der Waals surface area (Å²) in [5.74, 6) is 0.00436. The maximum absolute atomic E-state index is 11.5. The number of hydrogen-bond donors (Lipinski definition) is 3. The van der Waals surface area contributed by atoms with Crippen LogP contribution in [0.5, 0.6) is 5.75 Å². The van der Waals surface area contributed by atoms with Crippen LogP contribution in [0.4, 0.5) is 5.69 Å². The molecule has 0 atom stereocenters. The number of amides is 2. The monoisotopic (exact) mass is 263 g/mol. The first-order chi connectivity index (χ1) is 9.06. The van der Waals surface area contributed by atoms with Gasteiger partial charge in [-0.25, -0.2) is 0 Å². The molecule has 0 radical (unpaired) electrons. The minimum atomic E-state index is -0.617. The highest BCUT2D eigenvalue weighted by Crippen LogP contribution is 2.27. The molecule has 0 unspecified atom stereocenters. The lowest BCUT2D eigenvalue weighted by Crippen LogP contribution is -2.30. The number of nitrogen functional groups attached to an aromatic ring is 1. The summed E-state index contributed by atoms with van der Waals surface area (Å²) >= 11 is 0. The SMILES string of the molecule is NC(=O)c1ccc(N)cc1OCC(=O)NCC1CC1. The Kier molecular flexibility index (Phi) is 3.89. The van der Waals surface area contributed by atoms with Gasteiger partial charge in [-0.15, -0.1) is 0 Å². The largest absolute Gasteiger partial charge is 0.483 e. The Morgan fingerprint density at radius 3 is 2.74 bits per heavy atom. The third-order valence-electron chi connectivity index (χ3n) is 2.91. The molecule has 1 aliphatic rings. The lowest BCUT2D eigenvalue weighted by Gasteiger charge is -2.10. The molecule has 2 rings (SSSR count). The average Bonchev–Trinajstić information content (AvgIpc) is 3.17. The average molecular weight is 263 g/mol. The van der Waals surface area contributed by atoms with E-state index in [1.54, 1.807) is 6.07 Å². The summed E-state index contributed by atoms with van der Waals surface area (Å²) in [6.45, 7) is 0.526. The van der Waals surface area contributed by atoms with Crippen LogP contribution in [0, 0.1) is 5.92 Å². The number of nitrogens with two attached hydrogens (primary N) is 2. The number of primary amides is 1. The van der Waals surface area contributed by atoms with Crippen molar-refractivity contribution < 1.29 is 14.3 Å². The number of carbonyl (C=O) groups is 2. The van der Waals surface area contributed by atoms with E-state index in [9.17, 15) is 9.59 Å². The van der Waals surface area contributed by atoms with Gasteiger partial charge in [0, 0.05) is 18.3 Å². The smallest absolute Gasteiger partial charge is 0.257 e. The number of carbonyl (C=O) groups excluding carboxylic acids is 2. The quantitative estimate of drug-likeness (QED) is 0.640. The summed E-state index contributed by atoms with van der Waals surface area (Å²) in [6.07, 6.45) is 2.34. The van der Waals surface area contributed by atoms with E-state index in [1.807, 2.05) is 0 Å². The van der Waals surface area contributed by atoms with Gasteiger partial charge in [0.1, 0.15) is 5.75 Å². The molecule has 0 saturated heterocycles. The molecular formula is C13H17N3O3. The summed E-state index contributed by atoms with van der Waals surface area (Å²) in [5, 5.41) is 2.77. The molecule has 1 aromatic rings. The number of rotatable bonds is 6. The van der Waals surface area contributed by atoms with Crippen LogP contribution in [0.3, 0.4) is 0 Å². The number of anilines is 1. The van der Waals surface area contributed by atoms with Crippen molar-refractivity contribution in [3.8, 4) is 5.75 Å². The predicted octanol–water partition coefficient (Wildman–Crippen LogP) is 0.273. The van der Waals surface area contributed by atoms with Crippen molar-refractivity contribution in [2.24, 2.45) is 11.7 Å². The van der Waals surface area contributed by atoms with Crippen molar-refractivity contribution in [2.45, 2.75) is 12.8 Å². The highest BCUT2D eigenvalue weighted by molar-refractivity contribution is 5.96. The standard InChI is InChI=1S/C13H17N3O3/c14-9-3-4-10(13(15)18)11(5-9)19-7-12(17)16-6-8-1-2-8/h3-5,8H,1-2,6-7,14H2,(H2,15,18)(H,16,17). The molecule has 5 N–H and O–H groups in total. The molecule has 0 bridgehead atoms. The van der Waals surface area contributed by atoms with Crippen LogP contribution in [-0.4, -0.2) is 25.0 Å². The number of nitrogens with one attached hydrogen (secondary N) is 1. The fourth-order valence-electron chi connectivity index (χ4n) is 1.64. The zero-order valence-electron chi connectivity index (χ0n) is 10.5. The number of hydrogen-bond acceptors (Lipinski definition) is 4. The molecule has 1 aliphatic carbocycles. The molecule has 6 nitrogen and oxygen atoms in total. The minimum absolute atomic E-state index is 0.156. The Morgan fingerprint density at radius 1 is 1.37 bits per heavy atom. The molecule has 0 aromatic heterocycles. The van der Waals surface area contributed by atoms with Gasteiger partial charge in [-0.3, -0.25) is 9.59 Å². The normalized spacial score (nSPS) is 13.9. The Bertz CT molecular complexity index is 498. The minimum Gasteiger partial charge on any atom is -0.483 e. The molecule has 0 aliphatic heterocycles. The Labute approximate surface area is 111 Å². The van der Waals surface area contributed by atoms with E-state index >= 15 is 0 Å². The van der Waals surface area contributed by atoms with Gasteiger partial charge in [-0.2, -0.15) is 0 Å². The predicted molar refractivity (Wildman–Crippen MR) is 70.6 cm³/mol. The molecule has 6 heteroatoms. The van der Waals surface area contributed by atoms with Gasteiger partial charge in [0.25, 0.3) is 11.8 Å². The molecule has 2 amide bonds. The van der Waals surface area contributed by atoms with Crippen LogP contribution < -0.4 is 21.5 Å². The topological polar surface area (TPSA) is 107 Å². The van der Waals surface area contributed by atoms with Crippen molar-refractivity contribution in [3.05, 3.63) is 23.8 Å². The molecular weight excluding hydrogens is 246 g/mol. The number of benzene rings is 1. The summed E-state index contributed by atoms with van der Waals surface area (Å²) in [7, 11) is 0. The third-order valence-corrected chi connectivity index (χ3v) is 2.91. The van der Waals surface area contributed by atoms with Crippen LogP contribution >= 0.6 is 0 Å². The van der Waals surface area contributed by atoms with Gasteiger partial charge in [-0.05, 0) is 30.9 Å². The summed E-state index contributed by atoms with van der Waals surface area (Å²) < 4.78 is 5.30. The van der Waals surface area contributed by atoms with E-state index in [4.69, 9.17) is 16.2 Å². The molecule has 1 aromatic carbocycles. The van der Waals surface area contributed by atoms with Crippen LogP contribution in [0.15, 0.2) is 18.2 Å². The van der Waals surface area contributed by atoms with E-state index in [2.05, 4.69) is 5.32 Å². The first kappa shape index (κ1) is 13.2. The van der Waals surface area contributed by atoms with Crippen molar-refractivity contribution in [1.82, 2.24) is 5.32 Å². The van der Waals surface area contributed by atoms with E-state index in [1.165, 1.54) is 25.0 Å². The fraction of sp³-hybridized carbons (Fsp3) is 0.385. The van der Waals surface area contributed by atoms with E-state index in [0.29, 0.717) is 18.2 Å². The maximum atomic E-state index is 11.5. The lowest BCUT2D eigenvalue weighted by atomic mass is 10.1. The van der Waals surface area contributed by atoms with Crippen LogP contribution in [0.25, 0.3) is 0 Å². The highest BCUT2D eigenvalue weighted by Gasteiger charge is 2.21. The van der Waals surface area contributed by atoms with Gasteiger partial charge >= 0.3 is 0 Å². The molecule has 102 valence electrons. The zero-order valence-corrected chi connectivity index (χ0v) is 10.5. The second-order valence-electron chi connectivity index (χ2n) is 4.66. The highest BCUT2D eigenvalue weighted by atomic mass is 16.5. The molecule has 0 heterocycles. The number of ether oxygens (including phenoxy) is 1. The fourth-order valence-corrected chi connectivity index (χ4v) is 1.64. The van der Waals surface area contributed by atoms with Crippen LogP contribution in [0.1, 0.15) is 23.2 Å². The third kappa shape index (κ3) is 3.87. The van der Waals surface area contributed by atoms with E-state index < -0.39 is 5.91 Å². The Hall–Kier alpha value is -2.24. The van der Waals surface area contributed by atoms with Crippen molar-refractivity contribution >= 4 is 17.5 Å². The van der Waals surface area contributed by atoms with Gasteiger partial charge in [0.15, 0.2) is 6.61 Å². The zero-order chi connectivity index (χ0) is 13.8. The van der Waals surface area contributed by atoms with Gasteiger partial charge in [-0.1, -0.05) is 0 Å². The van der Waals surface area contributed by atoms with Crippen molar-refractivity contribution in [3.63, 3.8) is 0 Å². The molecule has 0 spiro atoms. The Balaban J connectivity index is 1.91. The summed E-state index contributed by atoms with van der Waals surface area (Å²) in [4.78, 5) is 22.7. The first-order valence-corrected chi connectivity index (χ1v) is 6.15. The molecule has 1 fully saturated rings. The second kappa shape index (κ2) is 5.60. The van der Waals surface area contributed by atoms with Crippen LogP contribution in [0.2, 0.25) is 0 Å². The Morgan fingerprint density at radius 2 is 2.11 bits per heavy atom. The van der Waals surface area contributed by atoms with Gasteiger partial charge in [0.2, 0.25) is 0 Å². The molecule has 1 saturated carbocycles. The maximum Gasteiger partial charge on any atom is 0.257 e. The van der Waals surface area contributed by atoms with Gasteiger partial charge < -0.3 is 21.5 Å². The lowest BCUT2D eigenvalue weighted by molar-refractivity contribution is -0.123. The van der Waals surface area contributed by atoms with E-state index in [0.717, 1.165) is 0 Å². The van der Waals surface area contributed by atoms with Crippen LogP contribution in [-0.2, 0) is 4.79 Å². The van der Waals surface area contributed by atoms with Gasteiger partial charge in [0.05, 0.1) is 5.56 Å². The first-order valence-electron chi connectivity index (χ1n) is 6.15. The van der Waals surface area contributed by atoms with E-state index in [-0.39, 0.29) is 23.8 Å². The summed E-state index contributed by atoms with van der Waals surface area (Å²) in [6, 6.07) is 4.52. The summed E-state index contributed by atoms with van der Waals surface area (Å²) in [5.41, 5.74) is 11.5. The molecule has 19 heavy (non-hydrogen) atoms.